The molecular formula is C26H30N2O4. The second-order valence-electron chi connectivity index (χ2n) is 8.19. The summed E-state index contributed by atoms with van der Waals surface area (Å²) >= 11 is 0. The van der Waals surface area contributed by atoms with E-state index in [0.29, 0.717) is 43.7 Å². The molecule has 1 fully saturated rings. The van der Waals surface area contributed by atoms with Crippen LogP contribution >= 0.6 is 0 Å². The molecule has 1 aromatic heterocycles. The van der Waals surface area contributed by atoms with E-state index in [2.05, 4.69) is 22.4 Å². The first-order chi connectivity index (χ1) is 15.6. The number of benzene rings is 2. The van der Waals surface area contributed by atoms with Crippen LogP contribution in [0.1, 0.15) is 36.8 Å². The van der Waals surface area contributed by atoms with E-state index in [4.69, 9.17) is 13.9 Å². The summed E-state index contributed by atoms with van der Waals surface area (Å²) in [4.78, 5) is 17.4. The van der Waals surface area contributed by atoms with Gasteiger partial charge in [-0.2, -0.15) is 0 Å². The molecule has 1 aliphatic heterocycles. The summed E-state index contributed by atoms with van der Waals surface area (Å²) in [6.45, 7) is 6.40. The minimum atomic E-state index is -0.146. The lowest BCUT2D eigenvalue weighted by Crippen LogP contribution is -2.45. The van der Waals surface area contributed by atoms with Gasteiger partial charge in [0, 0.05) is 30.7 Å². The second-order valence-corrected chi connectivity index (χ2v) is 8.19. The normalized spacial score (nSPS) is 15.3. The molecule has 0 saturated carbocycles. The predicted octanol–water partition coefficient (Wildman–Crippen LogP) is 4.46. The van der Waals surface area contributed by atoms with Crippen LogP contribution in [0.25, 0.3) is 11.5 Å². The standard InChI is InChI=1S/C26H30N2O4/c1-3-31-22-11-9-21(10-12-22)26(13-15-30-16-14-26)18-27-24(29)17-23-19(2)32-25(28-23)20-7-5-4-6-8-20/h4-12H,3,13-18H2,1-2H3,(H,27,29). The fraction of sp³-hybridized carbons (Fsp3) is 0.385. The number of carbonyl (C=O) groups excluding carboxylic acids is 1. The molecule has 0 atom stereocenters. The first-order valence-corrected chi connectivity index (χ1v) is 11.2. The average molecular weight is 435 g/mol. The van der Waals surface area contributed by atoms with Gasteiger partial charge in [0.15, 0.2) is 0 Å². The molecule has 6 nitrogen and oxygen atoms in total. The van der Waals surface area contributed by atoms with Gasteiger partial charge in [-0.05, 0) is 56.5 Å². The molecule has 32 heavy (non-hydrogen) atoms. The number of oxazole rings is 1. The van der Waals surface area contributed by atoms with Gasteiger partial charge in [-0.3, -0.25) is 4.79 Å². The largest absolute Gasteiger partial charge is 0.494 e. The number of rotatable bonds is 8. The predicted molar refractivity (Wildman–Crippen MR) is 123 cm³/mol. The second kappa shape index (κ2) is 10.0. The summed E-state index contributed by atoms with van der Waals surface area (Å²) in [5.41, 5.74) is 2.63. The van der Waals surface area contributed by atoms with Crippen molar-refractivity contribution < 1.29 is 18.7 Å². The Morgan fingerprint density at radius 1 is 1.09 bits per heavy atom. The van der Waals surface area contributed by atoms with Crippen LogP contribution in [0, 0.1) is 6.92 Å². The number of ether oxygens (including phenoxy) is 2. The van der Waals surface area contributed by atoms with Crippen molar-refractivity contribution in [1.82, 2.24) is 10.3 Å². The zero-order valence-electron chi connectivity index (χ0n) is 18.7. The maximum Gasteiger partial charge on any atom is 0.226 e. The van der Waals surface area contributed by atoms with E-state index in [0.717, 1.165) is 24.2 Å². The van der Waals surface area contributed by atoms with Crippen molar-refractivity contribution in [3.8, 4) is 17.2 Å². The Morgan fingerprint density at radius 2 is 1.81 bits per heavy atom. The molecular weight excluding hydrogens is 404 g/mol. The third-order valence-corrected chi connectivity index (χ3v) is 6.09. The maximum atomic E-state index is 12.8. The summed E-state index contributed by atoms with van der Waals surface area (Å²) in [5.74, 6) is 2.02. The molecule has 1 amide bonds. The third kappa shape index (κ3) is 5.02. The van der Waals surface area contributed by atoms with Gasteiger partial charge in [-0.25, -0.2) is 4.98 Å². The molecule has 4 rings (SSSR count). The van der Waals surface area contributed by atoms with E-state index in [1.165, 1.54) is 5.56 Å². The Hall–Kier alpha value is -3.12. The highest BCUT2D eigenvalue weighted by Gasteiger charge is 2.35. The van der Waals surface area contributed by atoms with Crippen LogP contribution in [0.2, 0.25) is 0 Å². The highest BCUT2D eigenvalue weighted by molar-refractivity contribution is 5.78. The smallest absolute Gasteiger partial charge is 0.226 e. The van der Waals surface area contributed by atoms with Gasteiger partial charge in [0.25, 0.3) is 0 Å². The van der Waals surface area contributed by atoms with Crippen molar-refractivity contribution in [3.05, 3.63) is 71.6 Å². The average Bonchev–Trinajstić information content (AvgIpc) is 3.19. The van der Waals surface area contributed by atoms with E-state index >= 15 is 0 Å². The summed E-state index contributed by atoms with van der Waals surface area (Å²) in [5, 5.41) is 3.15. The van der Waals surface area contributed by atoms with Crippen LogP contribution in [-0.4, -0.2) is 37.3 Å². The molecule has 3 aromatic rings. The lowest BCUT2D eigenvalue weighted by atomic mass is 9.74. The first kappa shape index (κ1) is 22.1. The van der Waals surface area contributed by atoms with Crippen molar-refractivity contribution in [2.24, 2.45) is 0 Å². The molecule has 2 aromatic carbocycles. The maximum absolute atomic E-state index is 12.8. The summed E-state index contributed by atoms with van der Waals surface area (Å²) in [7, 11) is 0. The number of nitrogens with zero attached hydrogens (tertiary/aromatic N) is 1. The zero-order chi connectivity index (χ0) is 22.4. The number of hydrogen-bond acceptors (Lipinski definition) is 5. The third-order valence-electron chi connectivity index (χ3n) is 6.09. The summed E-state index contributed by atoms with van der Waals surface area (Å²) in [6.07, 6.45) is 1.92. The summed E-state index contributed by atoms with van der Waals surface area (Å²) < 4.78 is 17.0. The van der Waals surface area contributed by atoms with E-state index in [1.807, 2.05) is 56.3 Å². The minimum absolute atomic E-state index is 0.0576. The number of aromatic nitrogens is 1. The summed E-state index contributed by atoms with van der Waals surface area (Å²) in [6, 6.07) is 17.9. The van der Waals surface area contributed by atoms with Gasteiger partial charge in [0.05, 0.1) is 18.7 Å². The highest BCUT2D eigenvalue weighted by Crippen LogP contribution is 2.35. The van der Waals surface area contributed by atoms with Crippen molar-refractivity contribution in [3.63, 3.8) is 0 Å². The van der Waals surface area contributed by atoms with Crippen molar-refractivity contribution >= 4 is 5.91 Å². The van der Waals surface area contributed by atoms with Crippen LogP contribution in [0.4, 0.5) is 0 Å². The Labute approximate surface area is 189 Å². The number of hydrogen-bond donors (Lipinski definition) is 1. The monoisotopic (exact) mass is 434 g/mol. The van der Waals surface area contributed by atoms with Gasteiger partial charge in [-0.1, -0.05) is 30.3 Å². The van der Waals surface area contributed by atoms with Crippen LogP contribution in [0.5, 0.6) is 5.75 Å². The Balaban J connectivity index is 1.43. The van der Waals surface area contributed by atoms with Crippen LogP contribution in [0.15, 0.2) is 59.0 Å². The molecule has 1 N–H and O–H groups in total. The molecule has 0 aliphatic carbocycles. The fourth-order valence-corrected chi connectivity index (χ4v) is 4.18. The fourth-order valence-electron chi connectivity index (χ4n) is 4.18. The molecule has 1 aliphatic rings. The van der Waals surface area contributed by atoms with Crippen molar-refractivity contribution in [1.29, 1.82) is 0 Å². The molecule has 2 heterocycles. The lowest BCUT2D eigenvalue weighted by Gasteiger charge is -2.38. The SMILES string of the molecule is CCOc1ccc(C2(CNC(=O)Cc3nc(-c4ccccc4)oc3C)CCOCC2)cc1. The van der Waals surface area contributed by atoms with Gasteiger partial charge in [0.1, 0.15) is 11.5 Å². The Morgan fingerprint density at radius 3 is 2.50 bits per heavy atom. The first-order valence-electron chi connectivity index (χ1n) is 11.2. The Kier molecular flexibility index (Phi) is 6.90. The van der Waals surface area contributed by atoms with Gasteiger partial charge in [-0.15, -0.1) is 0 Å². The number of amides is 1. The molecule has 1 saturated heterocycles. The number of nitrogens with one attached hydrogen (secondary N) is 1. The van der Waals surface area contributed by atoms with Crippen LogP contribution < -0.4 is 10.1 Å². The minimum Gasteiger partial charge on any atom is -0.494 e. The van der Waals surface area contributed by atoms with Gasteiger partial charge >= 0.3 is 0 Å². The quantitative estimate of drug-likeness (QED) is 0.567. The van der Waals surface area contributed by atoms with E-state index in [1.54, 1.807) is 0 Å². The molecule has 0 bridgehead atoms. The molecule has 0 radical (unpaired) electrons. The van der Waals surface area contributed by atoms with Crippen LogP contribution in [-0.2, 0) is 21.4 Å². The van der Waals surface area contributed by atoms with E-state index < -0.39 is 0 Å². The van der Waals surface area contributed by atoms with Gasteiger partial charge < -0.3 is 19.2 Å². The van der Waals surface area contributed by atoms with Crippen molar-refractivity contribution in [2.45, 2.75) is 38.5 Å². The number of aryl methyl sites for hydroxylation is 1. The zero-order valence-corrected chi connectivity index (χ0v) is 18.7. The van der Waals surface area contributed by atoms with Crippen LogP contribution in [0.3, 0.4) is 0 Å². The highest BCUT2D eigenvalue weighted by atomic mass is 16.5. The molecule has 0 spiro atoms. The van der Waals surface area contributed by atoms with Crippen molar-refractivity contribution in [2.75, 3.05) is 26.4 Å². The lowest BCUT2D eigenvalue weighted by molar-refractivity contribution is -0.121. The number of carbonyl (C=O) groups is 1. The Bertz CT molecular complexity index is 1020. The van der Waals surface area contributed by atoms with E-state index in [-0.39, 0.29) is 17.7 Å². The molecule has 168 valence electrons. The van der Waals surface area contributed by atoms with E-state index in [9.17, 15) is 4.79 Å². The molecule has 6 heteroatoms. The molecule has 0 unspecified atom stereocenters. The van der Waals surface area contributed by atoms with Gasteiger partial charge in [0.2, 0.25) is 11.8 Å². The topological polar surface area (TPSA) is 73.6 Å².